The molecule has 0 unspecified atom stereocenters. The van der Waals surface area contributed by atoms with E-state index in [1.54, 1.807) is 0 Å². The number of aryl methyl sites for hydroxylation is 2. The fraction of sp³-hybridized carbons (Fsp3) is 0.789. The molecule has 1 spiro atoms. The maximum atomic E-state index is 12.3. The highest BCUT2D eigenvalue weighted by atomic mass is 16.7. The van der Waals surface area contributed by atoms with Gasteiger partial charge in [0.2, 0.25) is 5.91 Å². The van der Waals surface area contributed by atoms with Crippen molar-refractivity contribution in [3.8, 4) is 0 Å². The Hall–Kier alpha value is -1.40. The second kappa shape index (κ2) is 7.87. The largest absolute Gasteiger partial charge is 0.353 e. The standard InChI is InChI=1S/C19H31N3O3/c1-13(18-14(2)21-22-15(18)3)10-17(23)20-11-16-12-24-19(25-16)8-6-4-5-7-9-19/h13,16H,4-12H2,1-3H3,(H,20,23)(H,21,22)/t13-,16+/m1/s1. The van der Waals surface area contributed by atoms with E-state index in [1.807, 2.05) is 13.8 Å². The van der Waals surface area contributed by atoms with Gasteiger partial charge in [0.25, 0.3) is 0 Å². The van der Waals surface area contributed by atoms with Gasteiger partial charge in [0, 0.05) is 31.5 Å². The molecular formula is C19H31N3O3. The number of carbonyl (C=O) groups is 1. The Morgan fingerprint density at radius 1 is 1.32 bits per heavy atom. The Kier molecular flexibility index (Phi) is 5.79. The summed E-state index contributed by atoms with van der Waals surface area (Å²) in [4.78, 5) is 12.3. The molecule has 0 bridgehead atoms. The normalized spacial score (nSPS) is 24.2. The number of amides is 1. The van der Waals surface area contributed by atoms with Crippen molar-refractivity contribution in [2.75, 3.05) is 13.2 Å². The molecule has 3 rings (SSSR count). The van der Waals surface area contributed by atoms with Crippen LogP contribution in [0.2, 0.25) is 0 Å². The van der Waals surface area contributed by atoms with Gasteiger partial charge in [-0.2, -0.15) is 5.10 Å². The SMILES string of the molecule is Cc1n[nH]c(C)c1[C@H](C)CC(=O)NC[C@H]1COC2(CCCCCC2)O1. The fourth-order valence-corrected chi connectivity index (χ4v) is 4.21. The van der Waals surface area contributed by atoms with Crippen LogP contribution >= 0.6 is 0 Å². The molecule has 2 heterocycles. The number of nitrogens with zero attached hydrogens (tertiary/aromatic N) is 1. The summed E-state index contributed by atoms with van der Waals surface area (Å²) in [6, 6.07) is 0. The molecule has 25 heavy (non-hydrogen) atoms. The highest BCUT2D eigenvalue weighted by molar-refractivity contribution is 5.76. The van der Waals surface area contributed by atoms with Crippen LogP contribution in [-0.4, -0.2) is 41.1 Å². The van der Waals surface area contributed by atoms with Crippen molar-refractivity contribution < 1.29 is 14.3 Å². The van der Waals surface area contributed by atoms with Crippen molar-refractivity contribution in [3.05, 3.63) is 17.0 Å². The predicted octanol–water partition coefficient (Wildman–Crippen LogP) is 3.10. The molecule has 2 N–H and O–H groups in total. The number of H-pyrrole nitrogens is 1. The first-order valence-electron chi connectivity index (χ1n) is 9.59. The minimum absolute atomic E-state index is 0.0326. The van der Waals surface area contributed by atoms with E-state index in [1.165, 1.54) is 25.7 Å². The summed E-state index contributed by atoms with van der Waals surface area (Å²) in [6.45, 7) is 7.15. The summed E-state index contributed by atoms with van der Waals surface area (Å²) in [5.41, 5.74) is 3.16. The Labute approximate surface area is 150 Å². The van der Waals surface area contributed by atoms with Gasteiger partial charge < -0.3 is 14.8 Å². The van der Waals surface area contributed by atoms with Crippen molar-refractivity contribution in [2.45, 2.75) is 83.5 Å². The fourth-order valence-electron chi connectivity index (χ4n) is 4.21. The second-order valence-corrected chi connectivity index (χ2v) is 7.63. The summed E-state index contributed by atoms with van der Waals surface area (Å²) < 4.78 is 12.2. The van der Waals surface area contributed by atoms with Gasteiger partial charge in [-0.25, -0.2) is 0 Å². The molecule has 1 aliphatic carbocycles. The monoisotopic (exact) mass is 349 g/mol. The number of carbonyl (C=O) groups excluding carboxylic acids is 1. The summed E-state index contributed by atoms with van der Waals surface area (Å²) in [5.74, 6) is -0.185. The topological polar surface area (TPSA) is 76.2 Å². The Balaban J connectivity index is 1.45. The molecule has 1 aromatic heterocycles. The third-order valence-electron chi connectivity index (χ3n) is 5.48. The summed E-state index contributed by atoms with van der Waals surface area (Å²) in [7, 11) is 0. The Morgan fingerprint density at radius 3 is 2.68 bits per heavy atom. The molecule has 2 aliphatic rings. The van der Waals surface area contributed by atoms with E-state index in [4.69, 9.17) is 9.47 Å². The zero-order chi connectivity index (χ0) is 17.9. The van der Waals surface area contributed by atoms with Crippen molar-refractivity contribution in [1.29, 1.82) is 0 Å². The number of hydrogen-bond acceptors (Lipinski definition) is 4. The first-order chi connectivity index (χ1) is 12.0. The van der Waals surface area contributed by atoms with E-state index >= 15 is 0 Å². The van der Waals surface area contributed by atoms with Crippen LogP contribution in [0.25, 0.3) is 0 Å². The van der Waals surface area contributed by atoms with Gasteiger partial charge in [-0.15, -0.1) is 0 Å². The van der Waals surface area contributed by atoms with Crippen LogP contribution in [0.1, 0.15) is 74.7 Å². The number of ether oxygens (including phenoxy) is 2. The zero-order valence-corrected chi connectivity index (χ0v) is 15.7. The average molecular weight is 349 g/mol. The van der Waals surface area contributed by atoms with Gasteiger partial charge in [0.05, 0.1) is 12.3 Å². The van der Waals surface area contributed by atoms with Gasteiger partial charge in [0.15, 0.2) is 5.79 Å². The molecule has 1 aliphatic heterocycles. The molecule has 0 radical (unpaired) electrons. The molecule has 6 heteroatoms. The maximum Gasteiger partial charge on any atom is 0.220 e. The summed E-state index contributed by atoms with van der Waals surface area (Å²) in [5, 5.41) is 10.2. The lowest BCUT2D eigenvalue weighted by molar-refractivity contribution is -0.175. The molecule has 1 amide bonds. The summed E-state index contributed by atoms with van der Waals surface area (Å²) in [6.07, 6.45) is 7.25. The lowest BCUT2D eigenvalue weighted by Gasteiger charge is -2.26. The van der Waals surface area contributed by atoms with Crippen LogP contribution in [0.3, 0.4) is 0 Å². The Morgan fingerprint density at radius 2 is 2.04 bits per heavy atom. The molecule has 0 aromatic carbocycles. The predicted molar refractivity (Wildman–Crippen MR) is 95.4 cm³/mol. The van der Waals surface area contributed by atoms with Crippen LogP contribution < -0.4 is 5.32 Å². The lowest BCUT2D eigenvalue weighted by atomic mass is 9.95. The summed E-state index contributed by atoms with van der Waals surface area (Å²) >= 11 is 0. The van der Waals surface area contributed by atoms with Crippen molar-refractivity contribution in [3.63, 3.8) is 0 Å². The van der Waals surface area contributed by atoms with Crippen molar-refractivity contribution in [2.24, 2.45) is 0 Å². The molecule has 1 saturated heterocycles. The van der Waals surface area contributed by atoms with Crippen molar-refractivity contribution in [1.82, 2.24) is 15.5 Å². The highest BCUT2D eigenvalue weighted by Gasteiger charge is 2.41. The van der Waals surface area contributed by atoms with Gasteiger partial charge in [-0.1, -0.05) is 19.8 Å². The van der Waals surface area contributed by atoms with Crippen LogP contribution in [-0.2, 0) is 14.3 Å². The van der Waals surface area contributed by atoms with E-state index in [0.29, 0.717) is 19.6 Å². The van der Waals surface area contributed by atoms with Gasteiger partial charge in [-0.05, 0) is 38.2 Å². The van der Waals surface area contributed by atoms with Gasteiger partial charge in [0.1, 0.15) is 6.10 Å². The number of nitrogens with one attached hydrogen (secondary N) is 2. The highest BCUT2D eigenvalue weighted by Crippen LogP contribution is 2.36. The average Bonchev–Trinajstić information content (AvgIpc) is 3.03. The molecule has 2 fully saturated rings. The molecular weight excluding hydrogens is 318 g/mol. The quantitative estimate of drug-likeness (QED) is 0.856. The third-order valence-corrected chi connectivity index (χ3v) is 5.48. The van der Waals surface area contributed by atoms with E-state index < -0.39 is 0 Å². The molecule has 1 aromatic rings. The molecule has 1 saturated carbocycles. The first kappa shape index (κ1) is 18.4. The van der Waals surface area contributed by atoms with Crippen LogP contribution in [0.4, 0.5) is 0 Å². The van der Waals surface area contributed by atoms with Crippen LogP contribution in [0.5, 0.6) is 0 Å². The van der Waals surface area contributed by atoms with E-state index in [0.717, 1.165) is 29.8 Å². The van der Waals surface area contributed by atoms with E-state index in [9.17, 15) is 4.79 Å². The number of rotatable bonds is 5. The number of hydrogen-bond donors (Lipinski definition) is 2. The minimum atomic E-state index is -0.385. The van der Waals surface area contributed by atoms with Crippen molar-refractivity contribution >= 4 is 5.91 Å². The minimum Gasteiger partial charge on any atom is -0.353 e. The van der Waals surface area contributed by atoms with E-state index in [-0.39, 0.29) is 23.7 Å². The van der Waals surface area contributed by atoms with E-state index in [2.05, 4.69) is 22.4 Å². The van der Waals surface area contributed by atoms with Gasteiger partial charge >= 0.3 is 0 Å². The third kappa shape index (κ3) is 4.42. The number of aromatic amines is 1. The zero-order valence-electron chi connectivity index (χ0n) is 15.7. The van der Waals surface area contributed by atoms with Crippen LogP contribution in [0, 0.1) is 13.8 Å². The Bertz CT molecular complexity index is 571. The smallest absolute Gasteiger partial charge is 0.220 e. The molecule has 6 nitrogen and oxygen atoms in total. The number of aromatic nitrogens is 2. The molecule has 2 atom stereocenters. The maximum absolute atomic E-state index is 12.3. The van der Waals surface area contributed by atoms with Crippen LogP contribution in [0.15, 0.2) is 0 Å². The van der Waals surface area contributed by atoms with Gasteiger partial charge in [-0.3, -0.25) is 9.89 Å². The molecule has 140 valence electrons. The second-order valence-electron chi connectivity index (χ2n) is 7.63. The first-order valence-corrected chi connectivity index (χ1v) is 9.59. The lowest BCUT2D eigenvalue weighted by Crippen LogP contribution is -2.36.